The van der Waals surface area contributed by atoms with Gasteiger partial charge in [-0.25, -0.2) is 0 Å². The number of ketones is 1. The Labute approximate surface area is 148 Å². The molecule has 4 aliphatic rings. The van der Waals surface area contributed by atoms with Crippen molar-refractivity contribution < 1.29 is 4.79 Å². The van der Waals surface area contributed by atoms with Crippen molar-refractivity contribution >= 4 is 5.78 Å². The van der Waals surface area contributed by atoms with E-state index in [-0.39, 0.29) is 10.8 Å². The molecule has 0 saturated heterocycles. The first-order chi connectivity index (χ1) is 11.1. The predicted molar refractivity (Wildman–Crippen MR) is 99.7 cm³/mol. The van der Waals surface area contributed by atoms with E-state index < -0.39 is 0 Å². The molecule has 0 heterocycles. The van der Waals surface area contributed by atoms with Gasteiger partial charge in [0.15, 0.2) is 0 Å². The number of fused-ring (bicyclic) bond motifs is 4. The van der Waals surface area contributed by atoms with Crippen molar-refractivity contribution in [2.75, 3.05) is 0 Å². The van der Waals surface area contributed by atoms with Gasteiger partial charge in [-0.2, -0.15) is 0 Å². The molecular weight excluding hydrogens is 292 g/mol. The zero-order valence-corrected chi connectivity index (χ0v) is 16.7. The molecule has 0 N–H and O–H groups in total. The lowest BCUT2D eigenvalue weighted by molar-refractivity contribution is -0.139. The Bertz CT molecular complexity index is 626. The molecule has 0 bridgehead atoms. The van der Waals surface area contributed by atoms with Crippen molar-refractivity contribution in [1.82, 2.24) is 0 Å². The fourth-order valence-electron chi connectivity index (χ4n) is 7.79. The van der Waals surface area contributed by atoms with Crippen LogP contribution in [0.25, 0.3) is 0 Å². The lowest BCUT2D eigenvalue weighted by atomic mass is 9.44. The Morgan fingerprint density at radius 3 is 2.25 bits per heavy atom. The standard InChI is InChI=1S/C23H36O/c1-15-9-13-23(6)17-7-8-18-20(2,3)19(24)11-12-21(18,4)16(17)10-14-22(15,23)5/h15,18H,7-14H2,1-6H3/t15-,18?,21-,22+,23-/m1/s1. The maximum Gasteiger partial charge on any atom is 0.138 e. The highest BCUT2D eigenvalue weighted by atomic mass is 16.1. The first-order valence-electron chi connectivity index (χ1n) is 10.3. The van der Waals surface area contributed by atoms with Gasteiger partial charge in [-0.1, -0.05) is 52.7 Å². The second-order valence-electron chi connectivity index (χ2n) is 10.8. The zero-order chi connectivity index (χ0) is 17.5. The molecule has 5 atom stereocenters. The summed E-state index contributed by atoms with van der Waals surface area (Å²) < 4.78 is 0. The lowest BCUT2D eigenvalue weighted by Gasteiger charge is -2.60. The number of rotatable bonds is 0. The number of hydrogen-bond donors (Lipinski definition) is 0. The molecule has 0 aromatic heterocycles. The second kappa shape index (κ2) is 4.77. The van der Waals surface area contributed by atoms with Gasteiger partial charge in [0.05, 0.1) is 0 Å². The van der Waals surface area contributed by atoms with Crippen molar-refractivity contribution in [3.8, 4) is 0 Å². The predicted octanol–water partition coefficient (Wildman–Crippen LogP) is 6.32. The van der Waals surface area contributed by atoms with Crippen molar-refractivity contribution in [2.45, 2.75) is 92.9 Å². The normalized spacial score (nSPS) is 50.3. The van der Waals surface area contributed by atoms with Crippen LogP contribution in [0.15, 0.2) is 11.1 Å². The van der Waals surface area contributed by atoms with E-state index in [0.29, 0.717) is 22.5 Å². The number of carbonyl (C=O) groups is 1. The summed E-state index contributed by atoms with van der Waals surface area (Å²) in [7, 11) is 0. The Morgan fingerprint density at radius 2 is 1.54 bits per heavy atom. The summed E-state index contributed by atoms with van der Waals surface area (Å²) >= 11 is 0. The van der Waals surface area contributed by atoms with Gasteiger partial charge in [0.1, 0.15) is 5.78 Å². The van der Waals surface area contributed by atoms with Crippen LogP contribution in [-0.4, -0.2) is 5.78 Å². The second-order valence-corrected chi connectivity index (χ2v) is 10.8. The Kier molecular flexibility index (Phi) is 3.35. The van der Waals surface area contributed by atoms with E-state index in [9.17, 15) is 4.79 Å². The fourth-order valence-corrected chi connectivity index (χ4v) is 7.79. The number of allylic oxidation sites excluding steroid dienone is 2. The molecule has 0 aromatic carbocycles. The summed E-state index contributed by atoms with van der Waals surface area (Å²) in [4.78, 5) is 12.6. The van der Waals surface area contributed by atoms with Gasteiger partial charge in [-0.15, -0.1) is 0 Å². The minimum absolute atomic E-state index is 0.129. The van der Waals surface area contributed by atoms with Crippen molar-refractivity contribution in [2.24, 2.45) is 33.5 Å². The highest BCUT2D eigenvalue weighted by molar-refractivity contribution is 5.85. The van der Waals surface area contributed by atoms with Crippen LogP contribution >= 0.6 is 0 Å². The maximum absolute atomic E-state index is 12.6. The van der Waals surface area contributed by atoms with Crippen molar-refractivity contribution in [3.63, 3.8) is 0 Å². The quantitative estimate of drug-likeness (QED) is 0.475. The summed E-state index contributed by atoms with van der Waals surface area (Å²) in [6, 6.07) is 0. The fraction of sp³-hybridized carbons (Fsp3) is 0.870. The topological polar surface area (TPSA) is 17.1 Å². The first kappa shape index (κ1) is 16.9. The minimum atomic E-state index is -0.129. The van der Waals surface area contributed by atoms with E-state index >= 15 is 0 Å². The van der Waals surface area contributed by atoms with Crippen LogP contribution in [-0.2, 0) is 4.79 Å². The monoisotopic (exact) mass is 328 g/mol. The van der Waals surface area contributed by atoms with Crippen molar-refractivity contribution in [1.29, 1.82) is 0 Å². The molecule has 4 aliphatic carbocycles. The van der Waals surface area contributed by atoms with Gasteiger partial charge in [0.2, 0.25) is 0 Å². The van der Waals surface area contributed by atoms with E-state index in [4.69, 9.17) is 0 Å². The molecule has 0 aromatic rings. The summed E-state index contributed by atoms with van der Waals surface area (Å²) in [6.45, 7) is 14.6. The average Bonchev–Trinajstić information content (AvgIpc) is 2.76. The summed E-state index contributed by atoms with van der Waals surface area (Å²) in [6.07, 6.45) is 9.81. The van der Waals surface area contributed by atoms with Crippen molar-refractivity contribution in [3.05, 3.63) is 11.1 Å². The molecular formula is C23H36O. The molecule has 1 nitrogen and oxygen atoms in total. The molecule has 1 heteroatoms. The zero-order valence-electron chi connectivity index (χ0n) is 16.7. The molecule has 0 aliphatic heterocycles. The Hall–Kier alpha value is -0.590. The largest absolute Gasteiger partial charge is 0.299 e. The van der Waals surface area contributed by atoms with Crippen LogP contribution in [0.2, 0.25) is 0 Å². The molecule has 1 unspecified atom stereocenters. The number of Topliss-reactive ketones (excluding diaryl/α,β-unsaturated/α-hetero) is 1. The van der Waals surface area contributed by atoms with Crippen LogP contribution in [0.1, 0.15) is 92.9 Å². The molecule has 4 rings (SSSR count). The van der Waals surface area contributed by atoms with Gasteiger partial charge < -0.3 is 0 Å². The van der Waals surface area contributed by atoms with Gasteiger partial charge >= 0.3 is 0 Å². The number of carbonyl (C=O) groups excluding carboxylic acids is 1. The highest BCUT2D eigenvalue weighted by Crippen LogP contribution is 2.71. The molecule has 0 radical (unpaired) electrons. The first-order valence-corrected chi connectivity index (χ1v) is 10.3. The van der Waals surface area contributed by atoms with E-state index in [2.05, 4.69) is 41.5 Å². The summed E-state index contributed by atoms with van der Waals surface area (Å²) in [5.74, 6) is 1.92. The maximum atomic E-state index is 12.6. The summed E-state index contributed by atoms with van der Waals surface area (Å²) in [5, 5.41) is 0. The van der Waals surface area contributed by atoms with E-state index in [0.717, 1.165) is 18.8 Å². The molecule has 0 amide bonds. The molecule has 2 fully saturated rings. The molecule has 134 valence electrons. The van der Waals surface area contributed by atoms with E-state index in [1.807, 2.05) is 5.57 Å². The van der Waals surface area contributed by atoms with Crippen LogP contribution in [0.4, 0.5) is 0 Å². The Balaban J connectivity index is 1.84. The molecule has 2 saturated carbocycles. The molecule has 0 spiro atoms. The van der Waals surface area contributed by atoms with Crippen LogP contribution in [0.5, 0.6) is 0 Å². The van der Waals surface area contributed by atoms with Crippen LogP contribution in [0.3, 0.4) is 0 Å². The average molecular weight is 329 g/mol. The molecule has 24 heavy (non-hydrogen) atoms. The number of hydrogen-bond acceptors (Lipinski definition) is 1. The van der Waals surface area contributed by atoms with E-state index in [1.54, 1.807) is 5.57 Å². The van der Waals surface area contributed by atoms with Gasteiger partial charge in [-0.3, -0.25) is 4.79 Å². The van der Waals surface area contributed by atoms with Gasteiger partial charge in [0.25, 0.3) is 0 Å². The minimum Gasteiger partial charge on any atom is -0.299 e. The van der Waals surface area contributed by atoms with Crippen LogP contribution in [0, 0.1) is 33.5 Å². The third-order valence-electron chi connectivity index (χ3n) is 9.95. The third-order valence-corrected chi connectivity index (χ3v) is 9.95. The van der Waals surface area contributed by atoms with Crippen LogP contribution < -0.4 is 0 Å². The van der Waals surface area contributed by atoms with E-state index in [1.165, 1.54) is 38.5 Å². The van der Waals surface area contributed by atoms with Gasteiger partial charge in [-0.05, 0) is 73.0 Å². The third kappa shape index (κ3) is 1.75. The Morgan fingerprint density at radius 1 is 0.833 bits per heavy atom. The lowest BCUT2D eigenvalue weighted by Crippen LogP contribution is -2.53. The SMILES string of the molecule is C[C@@H]1CC[C@]2(C)C3=C(CC[C@@]12C)[C@@]1(C)CCC(=O)C(C)(C)C1CC3. The highest BCUT2D eigenvalue weighted by Gasteiger charge is 2.62. The summed E-state index contributed by atoms with van der Waals surface area (Å²) in [5.41, 5.74) is 4.70. The van der Waals surface area contributed by atoms with Gasteiger partial charge in [0, 0.05) is 11.8 Å². The smallest absolute Gasteiger partial charge is 0.138 e.